The number of aromatic nitrogens is 2. The molecule has 0 aliphatic carbocycles. The molecule has 6 heteroatoms. The second kappa shape index (κ2) is 5.79. The molecule has 3 nitrogen and oxygen atoms in total. The Kier molecular flexibility index (Phi) is 4.05. The standard InChI is InChI=1S/C14H11Br2N3S/c1-19(7-11-4-10(16)8-20-11)13-2-3-17-12-5-9(15)6-18-14(12)13/h2-6,8H,7H2,1H3. The number of halogens is 2. The predicted molar refractivity (Wildman–Crippen MR) is 91.4 cm³/mol. The molecule has 0 saturated carbocycles. The van der Waals surface area contributed by atoms with Crippen LogP contribution < -0.4 is 4.90 Å². The highest BCUT2D eigenvalue weighted by molar-refractivity contribution is 9.10. The lowest BCUT2D eigenvalue weighted by molar-refractivity contribution is 0.941. The Hall–Kier alpha value is -0.980. The highest BCUT2D eigenvalue weighted by Crippen LogP contribution is 2.27. The average molecular weight is 413 g/mol. The van der Waals surface area contributed by atoms with Crippen LogP contribution in [0, 0.1) is 0 Å². The van der Waals surface area contributed by atoms with E-state index in [1.54, 1.807) is 11.3 Å². The Morgan fingerprint density at radius 1 is 1.20 bits per heavy atom. The van der Waals surface area contributed by atoms with Crippen LogP contribution in [-0.4, -0.2) is 17.0 Å². The minimum Gasteiger partial charge on any atom is -0.368 e. The largest absolute Gasteiger partial charge is 0.368 e. The second-order valence-electron chi connectivity index (χ2n) is 4.44. The zero-order valence-electron chi connectivity index (χ0n) is 10.7. The Morgan fingerprint density at radius 2 is 2.05 bits per heavy atom. The van der Waals surface area contributed by atoms with Gasteiger partial charge in [0, 0.05) is 38.6 Å². The normalized spacial score (nSPS) is 10.9. The van der Waals surface area contributed by atoms with E-state index in [0.717, 1.165) is 32.2 Å². The molecule has 0 amide bonds. The van der Waals surface area contributed by atoms with E-state index < -0.39 is 0 Å². The fourth-order valence-electron chi connectivity index (χ4n) is 2.06. The number of nitrogens with zero attached hydrogens (tertiary/aromatic N) is 3. The van der Waals surface area contributed by atoms with Crippen molar-refractivity contribution in [2.24, 2.45) is 0 Å². The summed E-state index contributed by atoms with van der Waals surface area (Å²) < 4.78 is 2.08. The van der Waals surface area contributed by atoms with E-state index in [1.165, 1.54) is 4.88 Å². The summed E-state index contributed by atoms with van der Waals surface area (Å²) >= 11 is 8.67. The van der Waals surface area contributed by atoms with Gasteiger partial charge < -0.3 is 4.90 Å². The number of thiophene rings is 1. The smallest absolute Gasteiger partial charge is 0.112 e. The highest BCUT2D eigenvalue weighted by atomic mass is 79.9. The number of hydrogen-bond donors (Lipinski definition) is 0. The van der Waals surface area contributed by atoms with Gasteiger partial charge in [0.05, 0.1) is 17.7 Å². The van der Waals surface area contributed by atoms with Crippen molar-refractivity contribution in [3.05, 3.63) is 49.8 Å². The van der Waals surface area contributed by atoms with Crippen LogP contribution in [0.2, 0.25) is 0 Å². The number of fused-ring (bicyclic) bond motifs is 1. The van der Waals surface area contributed by atoms with Crippen LogP contribution in [-0.2, 0) is 6.54 Å². The molecule has 0 aliphatic heterocycles. The number of hydrogen-bond acceptors (Lipinski definition) is 4. The van der Waals surface area contributed by atoms with Gasteiger partial charge in [-0.25, -0.2) is 0 Å². The molecule has 0 unspecified atom stereocenters. The lowest BCUT2D eigenvalue weighted by Gasteiger charge is -2.19. The van der Waals surface area contributed by atoms with E-state index in [2.05, 4.69) is 65.2 Å². The van der Waals surface area contributed by atoms with Crippen LogP contribution in [0.1, 0.15) is 4.88 Å². The first-order valence-corrected chi connectivity index (χ1v) is 8.44. The topological polar surface area (TPSA) is 29.0 Å². The van der Waals surface area contributed by atoms with Crippen molar-refractivity contribution in [2.45, 2.75) is 6.54 Å². The molecular weight excluding hydrogens is 402 g/mol. The molecule has 0 aromatic carbocycles. The highest BCUT2D eigenvalue weighted by Gasteiger charge is 2.10. The zero-order valence-corrected chi connectivity index (χ0v) is 14.7. The summed E-state index contributed by atoms with van der Waals surface area (Å²) in [4.78, 5) is 12.4. The van der Waals surface area contributed by atoms with Gasteiger partial charge in [-0.1, -0.05) is 0 Å². The van der Waals surface area contributed by atoms with Crippen molar-refractivity contribution in [1.29, 1.82) is 0 Å². The van der Waals surface area contributed by atoms with Crippen LogP contribution in [0.5, 0.6) is 0 Å². The molecule has 0 N–H and O–H groups in total. The summed E-state index contributed by atoms with van der Waals surface area (Å²) in [7, 11) is 2.08. The lowest BCUT2D eigenvalue weighted by Crippen LogP contribution is -2.16. The van der Waals surface area contributed by atoms with Gasteiger partial charge in [0.15, 0.2) is 0 Å². The van der Waals surface area contributed by atoms with Gasteiger partial charge in [0.2, 0.25) is 0 Å². The molecule has 3 rings (SSSR count). The third kappa shape index (κ3) is 2.87. The third-order valence-corrected chi connectivity index (χ3v) is 5.06. The summed E-state index contributed by atoms with van der Waals surface area (Å²) in [5, 5.41) is 2.10. The van der Waals surface area contributed by atoms with Gasteiger partial charge in [-0.05, 0) is 50.1 Å². The first-order chi connectivity index (χ1) is 9.63. The number of pyridine rings is 2. The van der Waals surface area contributed by atoms with Crippen molar-refractivity contribution in [2.75, 3.05) is 11.9 Å². The van der Waals surface area contributed by atoms with Gasteiger partial charge in [-0.2, -0.15) is 0 Å². The first kappa shape index (κ1) is 14.0. The summed E-state index contributed by atoms with van der Waals surface area (Å²) in [6.07, 6.45) is 3.63. The van der Waals surface area contributed by atoms with Crippen molar-refractivity contribution >= 4 is 59.9 Å². The van der Waals surface area contributed by atoms with Crippen LogP contribution >= 0.6 is 43.2 Å². The maximum Gasteiger partial charge on any atom is 0.112 e. The minimum absolute atomic E-state index is 0.854. The van der Waals surface area contributed by atoms with Crippen LogP contribution in [0.3, 0.4) is 0 Å². The van der Waals surface area contributed by atoms with Crippen LogP contribution in [0.25, 0.3) is 11.0 Å². The van der Waals surface area contributed by atoms with E-state index in [0.29, 0.717) is 0 Å². The third-order valence-electron chi connectivity index (χ3n) is 2.95. The molecule has 3 heterocycles. The van der Waals surface area contributed by atoms with Gasteiger partial charge in [-0.15, -0.1) is 11.3 Å². The molecule has 0 aliphatic rings. The Labute approximate surface area is 137 Å². The fourth-order valence-corrected chi connectivity index (χ4v) is 3.88. The molecule has 102 valence electrons. The zero-order chi connectivity index (χ0) is 14.1. The van der Waals surface area contributed by atoms with Gasteiger partial charge >= 0.3 is 0 Å². The van der Waals surface area contributed by atoms with Crippen molar-refractivity contribution in [3.63, 3.8) is 0 Å². The first-order valence-electron chi connectivity index (χ1n) is 5.98. The molecule has 0 bridgehead atoms. The molecule has 0 radical (unpaired) electrons. The summed E-state index contributed by atoms with van der Waals surface area (Å²) in [6.45, 7) is 0.854. The van der Waals surface area contributed by atoms with E-state index >= 15 is 0 Å². The average Bonchev–Trinajstić information content (AvgIpc) is 2.83. The maximum atomic E-state index is 4.49. The monoisotopic (exact) mass is 411 g/mol. The summed E-state index contributed by atoms with van der Waals surface area (Å²) in [5.41, 5.74) is 2.91. The quantitative estimate of drug-likeness (QED) is 0.615. The molecule has 0 saturated heterocycles. The van der Waals surface area contributed by atoms with Gasteiger partial charge in [0.1, 0.15) is 5.52 Å². The molecule has 3 aromatic heterocycles. The van der Waals surface area contributed by atoms with Crippen LogP contribution in [0.15, 0.2) is 44.9 Å². The molecule has 3 aromatic rings. The van der Waals surface area contributed by atoms with Crippen molar-refractivity contribution in [3.8, 4) is 0 Å². The fraction of sp³-hybridized carbons (Fsp3) is 0.143. The summed E-state index contributed by atoms with van der Waals surface area (Å²) in [6, 6.07) is 6.14. The lowest BCUT2D eigenvalue weighted by atomic mass is 10.2. The number of rotatable bonds is 3. The molecule has 0 fully saturated rings. The van der Waals surface area contributed by atoms with E-state index in [4.69, 9.17) is 0 Å². The predicted octanol–water partition coefficient (Wildman–Crippen LogP) is 4.85. The van der Waals surface area contributed by atoms with Crippen molar-refractivity contribution in [1.82, 2.24) is 9.97 Å². The SMILES string of the molecule is CN(Cc1cc(Br)cs1)c1ccnc2cc(Br)cnc12. The molecule has 20 heavy (non-hydrogen) atoms. The molecule has 0 atom stereocenters. The maximum absolute atomic E-state index is 4.49. The minimum atomic E-state index is 0.854. The van der Waals surface area contributed by atoms with E-state index in [1.807, 2.05) is 24.5 Å². The van der Waals surface area contributed by atoms with Crippen LogP contribution in [0.4, 0.5) is 5.69 Å². The van der Waals surface area contributed by atoms with Gasteiger partial charge in [0.25, 0.3) is 0 Å². The van der Waals surface area contributed by atoms with Gasteiger partial charge in [-0.3, -0.25) is 9.97 Å². The number of anilines is 1. The Balaban J connectivity index is 1.96. The molecule has 0 spiro atoms. The second-order valence-corrected chi connectivity index (χ2v) is 7.27. The molecular formula is C14H11Br2N3S. The van der Waals surface area contributed by atoms with Crippen molar-refractivity contribution < 1.29 is 0 Å². The van der Waals surface area contributed by atoms with E-state index in [-0.39, 0.29) is 0 Å². The Morgan fingerprint density at radius 3 is 2.80 bits per heavy atom. The Bertz CT molecular complexity index is 757. The van der Waals surface area contributed by atoms with E-state index in [9.17, 15) is 0 Å². The summed E-state index contributed by atoms with van der Waals surface area (Å²) in [5.74, 6) is 0.